The zero-order valence-electron chi connectivity index (χ0n) is 21.0. The van der Waals surface area contributed by atoms with E-state index in [1.807, 2.05) is 30.3 Å². The summed E-state index contributed by atoms with van der Waals surface area (Å²) in [7, 11) is 1.60. The van der Waals surface area contributed by atoms with Crippen LogP contribution in [0.15, 0.2) is 42.5 Å². The number of ether oxygens (including phenoxy) is 4. The topological polar surface area (TPSA) is 54.0 Å². The highest BCUT2D eigenvalue weighted by molar-refractivity contribution is 6.08. The van der Waals surface area contributed by atoms with Crippen molar-refractivity contribution in [3.63, 3.8) is 0 Å². The highest BCUT2D eigenvalue weighted by atomic mass is 16.5. The second-order valence-corrected chi connectivity index (χ2v) is 9.35. The minimum atomic E-state index is -0.142. The van der Waals surface area contributed by atoms with E-state index in [0.717, 1.165) is 5.56 Å². The molecule has 2 aromatic carbocycles. The lowest BCUT2D eigenvalue weighted by atomic mass is 10.1. The van der Waals surface area contributed by atoms with Gasteiger partial charge in [0, 0.05) is 11.6 Å². The number of allylic oxidation sites excluding steroid dienone is 1. The molecule has 0 aromatic heterocycles. The molecule has 0 bridgehead atoms. The van der Waals surface area contributed by atoms with Gasteiger partial charge >= 0.3 is 0 Å². The van der Waals surface area contributed by atoms with Gasteiger partial charge in [0.1, 0.15) is 11.5 Å². The molecule has 5 heteroatoms. The van der Waals surface area contributed by atoms with Crippen LogP contribution in [0.4, 0.5) is 0 Å². The first-order chi connectivity index (χ1) is 15.7. The molecule has 0 N–H and O–H groups in total. The standard InChI is InChI=1S/C28H38O5/c1-19(2)16-31-23-14-22(28(27(15-23)30-7)33-18-21(5)6)12-13-25(29)24-10-8-9-11-26(24)32-17-20(3)4/h8-15,19-21H,16-18H2,1-7H3/b13-12+. The second-order valence-electron chi connectivity index (χ2n) is 9.35. The third-order valence-corrected chi connectivity index (χ3v) is 4.56. The van der Waals surface area contributed by atoms with Crippen LogP contribution in [-0.4, -0.2) is 32.7 Å². The van der Waals surface area contributed by atoms with Gasteiger partial charge in [-0.05, 0) is 48.1 Å². The third-order valence-electron chi connectivity index (χ3n) is 4.56. The van der Waals surface area contributed by atoms with Crippen molar-refractivity contribution in [3.05, 3.63) is 53.6 Å². The summed E-state index contributed by atoms with van der Waals surface area (Å²) in [6, 6.07) is 11.0. The van der Waals surface area contributed by atoms with E-state index in [1.54, 1.807) is 25.3 Å². The summed E-state index contributed by atoms with van der Waals surface area (Å²) in [5.74, 6) is 3.38. The zero-order valence-corrected chi connectivity index (χ0v) is 21.0. The molecule has 0 atom stereocenters. The number of carbonyl (C=O) groups is 1. The lowest BCUT2D eigenvalue weighted by molar-refractivity contribution is 0.104. The van der Waals surface area contributed by atoms with Gasteiger partial charge in [0.15, 0.2) is 17.3 Å². The Labute approximate surface area is 198 Å². The first kappa shape index (κ1) is 26.3. The molecule has 5 nitrogen and oxygen atoms in total. The van der Waals surface area contributed by atoms with Gasteiger partial charge in [-0.1, -0.05) is 53.7 Å². The van der Waals surface area contributed by atoms with Crippen LogP contribution in [0.2, 0.25) is 0 Å². The number of para-hydroxylation sites is 1. The normalized spacial score (nSPS) is 11.5. The largest absolute Gasteiger partial charge is 0.493 e. The van der Waals surface area contributed by atoms with Crippen molar-refractivity contribution in [3.8, 4) is 23.0 Å². The van der Waals surface area contributed by atoms with Gasteiger partial charge in [-0.2, -0.15) is 0 Å². The van der Waals surface area contributed by atoms with Crippen molar-refractivity contribution in [2.24, 2.45) is 17.8 Å². The van der Waals surface area contributed by atoms with E-state index in [0.29, 0.717) is 66.1 Å². The van der Waals surface area contributed by atoms with E-state index in [9.17, 15) is 4.79 Å². The predicted molar refractivity (Wildman–Crippen MR) is 134 cm³/mol. The van der Waals surface area contributed by atoms with Crippen LogP contribution in [0.1, 0.15) is 57.5 Å². The summed E-state index contributed by atoms with van der Waals surface area (Å²) in [5.41, 5.74) is 1.25. The molecule has 0 fully saturated rings. The molecule has 0 spiro atoms. The fourth-order valence-corrected chi connectivity index (χ4v) is 2.93. The Morgan fingerprint density at radius 2 is 1.42 bits per heavy atom. The Morgan fingerprint density at radius 3 is 2.06 bits per heavy atom. The summed E-state index contributed by atoms with van der Waals surface area (Å²) < 4.78 is 23.4. The Kier molecular flexibility index (Phi) is 10.3. The maximum absolute atomic E-state index is 13.0. The lowest BCUT2D eigenvalue weighted by Gasteiger charge is -2.17. The van der Waals surface area contributed by atoms with Gasteiger partial charge in [0.2, 0.25) is 0 Å². The molecule has 33 heavy (non-hydrogen) atoms. The summed E-state index contributed by atoms with van der Waals surface area (Å²) >= 11 is 0. The molecular weight excluding hydrogens is 416 g/mol. The van der Waals surface area contributed by atoms with E-state index in [4.69, 9.17) is 18.9 Å². The van der Waals surface area contributed by atoms with E-state index >= 15 is 0 Å². The van der Waals surface area contributed by atoms with Gasteiger partial charge in [-0.25, -0.2) is 0 Å². The van der Waals surface area contributed by atoms with Crippen LogP contribution in [0.3, 0.4) is 0 Å². The van der Waals surface area contributed by atoms with Crippen molar-refractivity contribution in [2.75, 3.05) is 26.9 Å². The molecule has 0 aliphatic rings. The minimum absolute atomic E-state index is 0.142. The molecule has 0 heterocycles. The number of methoxy groups -OCH3 is 1. The molecule has 0 radical (unpaired) electrons. The van der Waals surface area contributed by atoms with Crippen molar-refractivity contribution < 1.29 is 23.7 Å². The van der Waals surface area contributed by atoms with Crippen molar-refractivity contribution in [1.82, 2.24) is 0 Å². The average molecular weight is 455 g/mol. The van der Waals surface area contributed by atoms with Gasteiger partial charge in [0.05, 0.1) is 32.5 Å². The van der Waals surface area contributed by atoms with Crippen LogP contribution in [0.25, 0.3) is 6.08 Å². The third kappa shape index (κ3) is 8.49. The van der Waals surface area contributed by atoms with E-state index < -0.39 is 0 Å². The van der Waals surface area contributed by atoms with Crippen LogP contribution in [0, 0.1) is 17.8 Å². The molecule has 180 valence electrons. The number of ketones is 1. The van der Waals surface area contributed by atoms with E-state index in [2.05, 4.69) is 41.5 Å². The molecule has 0 aliphatic heterocycles. The van der Waals surface area contributed by atoms with Crippen molar-refractivity contribution in [1.29, 1.82) is 0 Å². The van der Waals surface area contributed by atoms with Crippen LogP contribution in [-0.2, 0) is 0 Å². The molecular formula is C28H38O5. The summed E-state index contributed by atoms with van der Waals surface area (Å²) in [4.78, 5) is 13.0. The van der Waals surface area contributed by atoms with Crippen LogP contribution >= 0.6 is 0 Å². The Morgan fingerprint density at radius 1 is 0.818 bits per heavy atom. The van der Waals surface area contributed by atoms with Gasteiger partial charge < -0.3 is 18.9 Å². The SMILES string of the molecule is COc1cc(OCC(C)C)cc(/C=C/C(=O)c2ccccc2OCC(C)C)c1OCC(C)C. The van der Waals surface area contributed by atoms with E-state index in [-0.39, 0.29) is 5.78 Å². The molecule has 2 rings (SSSR count). The number of hydrogen-bond acceptors (Lipinski definition) is 5. The first-order valence-electron chi connectivity index (χ1n) is 11.6. The zero-order chi connectivity index (χ0) is 24.4. The Bertz CT molecular complexity index is 928. The number of hydrogen-bond donors (Lipinski definition) is 0. The molecule has 0 saturated heterocycles. The molecule has 0 unspecified atom stereocenters. The fraction of sp³-hybridized carbons (Fsp3) is 0.464. The average Bonchev–Trinajstić information content (AvgIpc) is 2.78. The van der Waals surface area contributed by atoms with Crippen LogP contribution < -0.4 is 18.9 Å². The smallest absolute Gasteiger partial charge is 0.189 e. The Hall–Kier alpha value is -2.95. The number of benzene rings is 2. The lowest BCUT2D eigenvalue weighted by Crippen LogP contribution is -2.09. The summed E-state index contributed by atoms with van der Waals surface area (Å²) in [5, 5.41) is 0. The van der Waals surface area contributed by atoms with Gasteiger partial charge in [0.25, 0.3) is 0 Å². The number of rotatable bonds is 13. The predicted octanol–water partition coefficient (Wildman–Crippen LogP) is 6.70. The first-order valence-corrected chi connectivity index (χ1v) is 11.6. The summed E-state index contributed by atoms with van der Waals surface area (Å²) in [6.45, 7) is 14.2. The number of carbonyl (C=O) groups excluding carboxylic acids is 1. The Balaban J connectivity index is 2.38. The second kappa shape index (κ2) is 12.9. The van der Waals surface area contributed by atoms with E-state index in [1.165, 1.54) is 0 Å². The van der Waals surface area contributed by atoms with Crippen molar-refractivity contribution in [2.45, 2.75) is 41.5 Å². The molecule has 0 aliphatic carbocycles. The monoisotopic (exact) mass is 454 g/mol. The maximum atomic E-state index is 13.0. The minimum Gasteiger partial charge on any atom is -0.493 e. The molecule has 2 aromatic rings. The quantitative estimate of drug-likeness (QED) is 0.249. The fourth-order valence-electron chi connectivity index (χ4n) is 2.93. The van der Waals surface area contributed by atoms with Crippen molar-refractivity contribution >= 4 is 11.9 Å². The highest BCUT2D eigenvalue weighted by Gasteiger charge is 2.15. The van der Waals surface area contributed by atoms with Crippen LogP contribution in [0.5, 0.6) is 23.0 Å². The van der Waals surface area contributed by atoms with Gasteiger partial charge in [-0.15, -0.1) is 0 Å². The highest BCUT2D eigenvalue weighted by Crippen LogP contribution is 2.37. The maximum Gasteiger partial charge on any atom is 0.189 e. The summed E-state index contributed by atoms with van der Waals surface area (Å²) in [6.07, 6.45) is 3.29. The molecule has 0 amide bonds. The van der Waals surface area contributed by atoms with Gasteiger partial charge in [-0.3, -0.25) is 4.79 Å². The molecule has 0 saturated carbocycles.